The summed E-state index contributed by atoms with van der Waals surface area (Å²) in [7, 11) is 0. The number of hydrogen-bond acceptors (Lipinski definition) is 2. The van der Waals surface area contributed by atoms with Crippen LogP contribution in [0.3, 0.4) is 0 Å². The van der Waals surface area contributed by atoms with Crippen molar-refractivity contribution in [3.63, 3.8) is 0 Å². The van der Waals surface area contributed by atoms with Crippen molar-refractivity contribution in [2.24, 2.45) is 0 Å². The molecule has 0 saturated heterocycles. The summed E-state index contributed by atoms with van der Waals surface area (Å²) in [5.74, 6) is -3.42. The minimum atomic E-state index is -1.27. The standard InChI is InChI=1S/C17H14BrF2NO3/c1-9-2-4-10(5-3-9)16(17(23)24)21-14(22)8-11-12(19)6-7-13(20)15(11)18/h2-7,16H,8H2,1H3,(H,21,22)(H,23,24). The molecule has 126 valence electrons. The molecule has 0 heterocycles. The topological polar surface area (TPSA) is 66.4 Å². The Bertz CT molecular complexity index is 778. The lowest BCUT2D eigenvalue weighted by atomic mass is 10.0. The highest BCUT2D eigenvalue weighted by Gasteiger charge is 2.23. The molecule has 0 aliphatic rings. The maximum atomic E-state index is 13.8. The molecule has 1 unspecified atom stereocenters. The van der Waals surface area contributed by atoms with Crippen molar-refractivity contribution in [3.05, 3.63) is 69.2 Å². The van der Waals surface area contributed by atoms with Crippen LogP contribution in [0.15, 0.2) is 40.9 Å². The van der Waals surface area contributed by atoms with Crippen molar-refractivity contribution in [1.82, 2.24) is 5.32 Å². The molecule has 4 nitrogen and oxygen atoms in total. The van der Waals surface area contributed by atoms with Gasteiger partial charge in [0.1, 0.15) is 11.6 Å². The Morgan fingerprint density at radius 2 is 1.71 bits per heavy atom. The third kappa shape index (κ3) is 4.17. The first-order valence-electron chi connectivity index (χ1n) is 7.00. The summed E-state index contributed by atoms with van der Waals surface area (Å²) >= 11 is 2.90. The lowest BCUT2D eigenvalue weighted by Gasteiger charge is -2.16. The predicted molar refractivity (Wildman–Crippen MR) is 87.5 cm³/mol. The van der Waals surface area contributed by atoms with E-state index in [0.29, 0.717) is 5.56 Å². The van der Waals surface area contributed by atoms with Crippen LogP contribution < -0.4 is 5.32 Å². The third-order valence-corrected chi connectivity index (χ3v) is 4.30. The molecule has 2 aromatic carbocycles. The first-order chi connectivity index (χ1) is 11.3. The van der Waals surface area contributed by atoms with E-state index >= 15 is 0 Å². The molecule has 0 bridgehead atoms. The fourth-order valence-electron chi connectivity index (χ4n) is 2.15. The molecule has 0 aliphatic carbocycles. The minimum absolute atomic E-state index is 0.153. The molecule has 0 aliphatic heterocycles. The van der Waals surface area contributed by atoms with E-state index in [0.717, 1.165) is 17.7 Å². The molecule has 0 aromatic heterocycles. The van der Waals surface area contributed by atoms with E-state index in [1.165, 1.54) is 0 Å². The second-order valence-electron chi connectivity index (χ2n) is 5.25. The monoisotopic (exact) mass is 397 g/mol. The van der Waals surface area contributed by atoms with Gasteiger partial charge in [-0.05, 0) is 40.5 Å². The SMILES string of the molecule is Cc1ccc(C(NC(=O)Cc2c(F)ccc(F)c2Br)C(=O)O)cc1. The highest BCUT2D eigenvalue weighted by atomic mass is 79.9. The van der Waals surface area contributed by atoms with E-state index in [4.69, 9.17) is 0 Å². The maximum Gasteiger partial charge on any atom is 0.330 e. The van der Waals surface area contributed by atoms with E-state index < -0.39 is 36.0 Å². The van der Waals surface area contributed by atoms with E-state index in [1.54, 1.807) is 24.3 Å². The molecule has 1 atom stereocenters. The third-order valence-electron chi connectivity index (χ3n) is 3.44. The lowest BCUT2D eigenvalue weighted by Crippen LogP contribution is -2.35. The van der Waals surface area contributed by atoms with Gasteiger partial charge < -0.3 is 10.4 Å². The van der Waals surface area contributed by atoms with E-state index in [-0.39, 0.29) is 10.0 Å². The zero-order valence-electron chi connectivity index (χ0n) is 12.6. The van der Waals surface area contributed by atoms with Crippen LogP contribution in [0.5, 0.6) is 0 Å². The molecule has 0 saturated carbocycles. The molecule has 2 aromatic rings. The number of benzene rings is 2. The van der Waals surface area contributed by atoms with Crippen molar-refractivity contribution < 1.29 is 23.5 Å². The second kappa shape index (κ2) is 7.53. The van der Waals surface area contributed by atoms with Crippen LogP contribution in [0.25, 0.3) is 0 Å². The number of nitrogens with one attached hydrogen (secondary N) is 1. The number of carbonyl (C=O) groups excluding carboxylic acids is 1. The summed E-state index contributed by atoms with van der Waals surface area (Å²) < 4.78 is 27.1. The number of aliphatic carboxylic acids is 1. The van der Waals surface area contributed by atoms with Crippen molar-refractivity contribution in [2.45, 2.75) is 19.4 Å². The molecule has 2 rings (SSSR count). The first kappa shape index (κ1) is 18.1. The van der Waals surface area contributed by atoms with Gasteiger partial charge in [0, 0.05) is 5.56 Å². The summed E-state index contributed by atoms with van der Waals surface area (Å²) in [5.41, 5.74) is 1.17. The Balaban J connectivity index is 2.19. The van der Waals surface area contributed by atoms with Crippen molar-refractivity contribution in [2.75, 3.05) is 0 Å². The van der Waals surface area contributed by atoms with Gasteiger partial charge in [-0.1, -0.05) is 29.8 Å². The smallest absolute Gasteiger partial charge is 0.330 e. The Kier molecular flexibility index (Phi) is 5.66. The zero-order valence-corrected chi connectivity index (χ0v) is 14.2. The van der Waals surface area contributed by atoms with Gasteiger partial charge in [0.2, 0.25) is 5.91 Å². The number of carbonyl (C=O) groups is 2. The van der Waals surface area contributed by atoms with Gasteiger partial charge in [0.15, 0.2) is 6.04 Å². The molecule has 24 heavy (non-hydrogen) atoms. The molecule has 0 fully saturated rings. The van der Waals surface area contributed by atoms with Gasteiger partial charge in [-0.25, -0.2) is 13.6 Å². The quantitative estimate of drug-likeness (QED) is 0.758. The Hall–Kier alpha value is -2.28. The van der Waals surface area contributed by atoms with E-state index in [9.17, 15) is 23.5 Å². The molecule has 0 spiro atoms. The largest absolute Gasteiger partial charge is 0.479 e. The lowest BCUT2D eigenvalue weighted by molar-refractivity contribution is -0.142. The van der Waals surface area contributed by atoms with Crippen LogP contribution in [-0.2, 0) is 16.0 Å². The normalized spacial score (nSPS) is 11.8. The maximum absolute atomic E-state index is 13.8. The van der Waals surface area contributed by atoms with E-state index in [2.05, 4.69) is 21.2 Å². The van der Waals surface area contributed by atoms with Crippen molar-refractivity contribution in [3.8, 4) is 0 Å². The summed E-state index contributed by atoms with van der Waals surface area (Å²) in [5, 5.41) is 11.6. The average molecular weight is 398 g/mol. The zero-order chi connectivity index (χ0) is 17.9. The van der Waals surface area contributed by atoms with Gasteiger partial charge in [-0.2, -0.15) is 0 Å². The van der Waals surface area contributed by atoms with Crippen LogP contribution in [0.2, 0.25) is 0 Å². The van der Waals surface area contributed by atoms with Gasteiger partial charge in [0.25, 0.3) is 0 Å². The molecule has 2 N–H and O–H groups in total. The van der Waals surface area contributed by atoms with Gasteiger partial charge in [0.05, 0.1) is 10.9 Å². The highest BCUT2D eigenvalue weighted by Crippen LogP contribution is 2.24. The highest BCUT2D eigenvalue weighted by molar-refractivity contribution is 9.10. The second-order valence-corrected chi connectivity index (χ2v) is 6.04. The summed E-state index contributed by atoms with van der Waals surface area (Å²) in [6, 6.07) is 7.21. The Labute approximate surface area is 145 Å². The van der Waals surface area contributed by atoms with Crippen LogP contribution in [0.4, 0.5) is 8.78 Å². The summed E-state index contributed by atoms with van der Waals surface area (Å²) in [6.07, 6.45) is -0.486. The van der Waals surface area contributed by atoms with Gasteiger partial charge in [-0.15, -0.1) is 0 Å². The van der Waals surface area contributed by atoms with Crippen molar-refractivity contribution in [1.29, 1.82) is 0 Å². The average Bonchev–Trinajstić information content (AvgIpc) is 2.54. The number of hydrogen-bond donors (Lipinski definition) is 2. The first-order valence-corrected chi connectivity index (χ1v) is 7.80. The van der Waals surface area contributed by atoms with Gasteiger partial charge >= 0.3 is 5.97 Å². The van der Waals surface area contributed by atoms with Crippen LogP contribution in [-0.4, -0.2) is 17.0 Å². The van der Waals surface area contributed by atoms with Gasteiger partial charge in [-0.3, -0.25) is 4.79 Å². The fourth-order valence-corrected chi connectivity index (χ4v) is 2.61. The number of amides is 1. The molecule has 0 radical (unpaired) electrons. The molecule has 7 heteroatoms. The number of carboxylic acids is 1. The minimum Gasteiger partial charge on any atom is -0.479 e. The number of halogens is 3. The Morgan fingerprint density at radius 1 is 1.12 bits per heavy atom. The summed E-state index contributed by atoms with van der Waals surface area (Å²) in [6.45, 7) is 1.85. The fraction of sp³-hybridized carbons (Fsp3) is 0.176. The van der Waals surface area contributed by atoms with E-state index in [1.807, 2.05) is 6.92 Å². The molecule has 1 amide bonds. The molecular weight excluding hydrogens is 384 g/mol. The summed E-state index contributed by atoms with van der Waals surface area (Å²) in [4.78, 5) is 23.5. The Morgan fingerprint density at radius 3 is 2.29 bits per heavy atom. The van der Waals surface area contributed by atoms with Crippen LogP contribution in [0, 0.1) is 18.6 Å². The van der Waals surface area contributed by atoms with Crippen molar-refractivity contribution >= 4 is 27.8 Å². The van der Waals surface area contributed by atoms with Crippen LogP contribution >= 0.6 is 15.9 Å². The predicted octanol–water partition coefficient (Wildman–Crippen LogP) is 3.52. The van der Waals surface area contributed by atoms with Crippen LogP contribution in [0.1, 0.15) is 22.7 Å². The number of carboxylic acid groups (broad SMARTS) is 1. The molecular formula is C17H14BrF2NO3. The number of aryl methyl sites for hydroxylation is 1. The number of rotatable bonds is 5.